The Morgan fingerprint density at radius 1 is 1.15 bits per heavy atom. The van der Waals surface area contributed by atoms with Crippen LogP contribution >= 0.6 is 11.6 Å². The fourth-order valence-corrected chi connectivity index (χ4v) is 2.90. The molecule has 0 aromatic heterocycles. The summed E-state index contributed by atoms with van der Waals surface area (Å²) < 4.78 is 5.01. The van der Waals surface area contributed by atoms with Crippen LogP contribution in [-0.4, -0.2) is 55.0 Å². The number of aliphatic carboxylic acids is 1. The summed E-state index contributed by atoms with van der Waals surface area (Å²) in [5.41, 5.74) is 0.304. The molecule has 8 heteroatoms. The van der Waals surface area contributed by atoms with Gasteiger partial charge in [-0.3, -0.25) is 9.59 Å². The standard InChI is InChI=1S/C15H14ClNO4.C4H9NO/c1-7(2)11(15(20)21)17-12-10(16)13(18)8-5-3-4-6-9(8)14(12)19;1-3-6-4-2-5-1/h3-7,11,17H,1-2H3,(H,20,21);5H,1-4H2/t11-;/m0./s1. The number of nitrogens with one attached hydrogen (secondary N) is 2. The predicted octanol–water partition coefficient (Wildman–Crippen LogP) is 1.82. The molecule has 1 aromatic carbocycles. The molecule has 3 N–H and O–H groups in total. The summed E-state index contributed by atoms with van der Waals surface area (Å²) in [6, 6.07) is 5.31. The van der Waals surface area contributed by atoms with Gasteiger partial charge in [0, 0.05) is 24.2 Å². The van der Waals surface area contributed by atoms with Crippen LogP contribution < -0.4 is 10.6 Å². The van der Waals surface area contributed by atoms with Gasteiger partial charge in [0.15, 0.2) is 0 Å². The Bertz CT molecular complexity index is 745. The zero-order valence-corrected chi connectivity index (χ0v) is 16.0. The molecule has 1 atom stereocenters. The Kier molecular flexibility index (Phi) is 7.53. The number of rotatable bonds is 4. The third kappa shape index (κ3) is 5.15. The molecule has 7 nitrogen and oxygen atoms in total. The lowest BCUT2D eigenvalue weighted by Crippen LogP contribution is -2.43. The van der Waals surface area contributed by atoms with E-state index in [9.17, 15) is 19.5 Å². The van der Waals surface area contributed by atoms with E-state index < -0.39 is 23.6 Å². The van der Waals surface area contributed by atoms with Crippen molar-refractivity contribution in [2.75, 3.05) is 26.3 Å². The minimum absolute atomic E-state index is 0.151. The lowest BCUT2D eigenvalue weighted by atomic mass is 9.91. The Labute approximate surface area is 162 Å². The van der Waals surface area contributed by atoms with E-state index in [1.165, 1.54) is 12.1 Å². The van der Waals surface area contributed by atoms with E-state index in [1.54, 1.807) is 26.0 Å². The number of ketones is 2. The SMILES string of the molecule is C1COCCN1.CC(C)[C@H](NC1=C(Cl)C(=O)c2ccccc2C1=O)C(=O)O. The summed E-state index contributed by atoms with van der Waals surface area (Å²) in [5.74, 6) is -2.34. The van der Waals surface area contributed by atoms with Gasteiger partial charge in [-0.25, -0.2) is 4.79 Å². The molecule has 1 fully saturated rings. The summed E-state index contributed by atoms with van der Waals surface area (Å²) in [7, 11) is 0. The molecule has 1 aromatic rings. The van der Waals surface area contributed by atoms with E-state index in [2.05, 4.69) is 10.6 Å². The van der Waals surface area contributed by atoms with Crippen LogP contribution in [0.4, 0.5) is 0 Å². The Hall–Kier alpha value is -2.22. The monoisotopic (exact) mass is 394 g/mol. The van der Waals surface area contributed by atoms with E-state index >= 15 is 0 Å². The largest absolute Gasteiger partial charge is 0.480 e. The van der Waals surface area contributed by atoms with Gasteiger partial charge in [-0.2, -0.15) is 0 Å². The average molecular weight is 395 g/mol. The van der Waals surface area contributed by atoms with Crippen molar-refractivity contribution in [2.24, 2.45) is 5.92 Å². The predicted molar refractivity (Wildman–Crippen MR) is 101 cm³/mol. The van der Waals surface area contributed by atoms with Gasteiger partial charge in [0.05, 0.1) is 13.2 Å². The maximum absolute atomic E-state index is 12.4. The highest BCUT2D eigenvalue weighted by molar-refractivity contribution is 6.49. The zero-order chi connectivity index (χ0) is 20.0. The number of Topliss-reactive ketones (excluding diaryl/α,β-unsaturated/α-hetero) is 2. The topological polar surface area (TPSA) is 105 Å². The molecule has 0 amide bonds. The third-order valence-corrected chi connectivity index (χ3v) is 4.50. The molecule has 27 heavy (non-hydrogen) atoms. The zero-order valence-electron chi connectivity index (χ0n) is 15.3. The first-order valence-corrected chi connectivity index (χ1v) is 9.08. The summed E-state index contributed by atoms with van der Waals surface area (Å²) in [4.78, 5) is 35.8. The number of allylic oxidation sites excluding steroid dienone is 2. The second-order valence-electron chi connectivity index (χ2n) is 6.46. The van der Waals surface area contributed by atoms with Gasteiger partial charge in [-0.15, -0.1) is 0 Å². The summed E-state index contributed by atoms with van der Waals surface area (Å²) in [6.45, 7) is 7.23. The molecule has 3 rings (SSSR count). The van der Waals surface area contributed by atoms with Gasteiger partial charge in [-0.1, -0.05) is 49.7 Å². The van der Waals surface area contributed by atoms with E-state index in [1.807, 2.05) is 0 Å². The molecule has 1 aliphatic carbocycles. The lowest BCUT2D eigenvalue weighted by Gasteiger charge is -2.24. The number of ether oxygens (including phenoxy) is 1. The Morgan fingerprint density at radius 3 is 2.11 bits per heavy atom. The van der Waals surface area contributed by atoms with Crippen LogP contribution in [0.15, 0.2) is 35.0 Å². The molecular weight excluding hydrogens is 372 g/mol. The molecule has 0 spiro atoms. The van der Waals surface area contributed by atoms with Crippen molar-refractivity contribution in [3.63, 3.8) is 0 Å². The van der Waals surface area contributed by atoms with Gasteiger partial charge >= 0.3 is 5.97 Å². The summed E-state index contributed by atoms with van der Waals surface area (Å²) in [6.07, 6.45) is 0. The van der Waals surface area contributed by atoms with Crippen molar-refractivity contribution in [3.05, 3.63) is 46.1 Å². The second-order valence-corrected chi connectivity index (χ2v) is 6.84. The van der Waals surface area contributed by atoms with Crippen LogP contribution in [0.3, 0.4) is 0 Å². The molecule has 0 bridgehead atoms. The molecule has 146 valence electrons. The van der Waals surface area contributed by atoms with Gasteiger partial charge < -0.3 is 20.5 Å². The summed E-state index contributed by atoms with van der Waals surface area (Å²) in [5, 5.41) is 14.7. The number of morpholine rings is 1. The number of fused-ring (bicyclic) bond motifs is 1. The highest BCUT2D eigenvalue weighted by Crippen LogP contribution is 2.27. The number of carbonyl (C=O) groups is 3. The van der Waals surface area contributed by atoms with Crippen molar-refractivity contribution >= 4 is 29.1 Å². The lowest BCUT2D eigenvalue weighted by molar-refractivity contribution is -0.140. The van der Waals surface area contributed by atoms with Crippen molar-refractivity contribution in [1.82, 2.24) is 10.6 Å². The number of hydrogen-bond donors (Lipinski definition) is 3. The van der Waals surface area contributed by atoms with Gasteiger partial charge in [-0.05, 0) is 5.92 Å². The molecule has 2 aliphatic rings. The minimum atomic E-state index is -1.11. The van der Waals surface area contributed by atoms with Crippen LogP contribution in [0, 0.1) is 5.92 Å². The normalized spacial score (nSPS) is 17.8. The van der Waals surface area contributed by atoms with Gasteiger partial charge in [0.25, 0.3) is 0 Å². The van der Waals surface area contributed by atoms with Gasteiger partial charge in [0.2, 0.25) is 11.6 Å². The van der Waals surface area contributed by atoms with Gasteiger partial charge in [0.1, 0.15) is 16.8 Å². The van der Waals surface area contributed by atoms with E-state index in [0.717, 1.165) is 26.3 Å². The van der Waals surface area contributed by atoms with Crippen molar-refractivity contribution in [3.8, 4) is 0 Å². The van der Waals surface area contributed by atoms with Crippen LogP contribution in [-0.2, 0) is 9.53 Å². The molecule has 0 radical (unpaired) electrons. The summed E-state index contributed by atoms with van der Waals surface area (Å²) >= 11 is 5.96. The highest BCUT2D eigenvalue weighted by Gasteiger charge is 2.34. The number of carboxylic acid groups (broad SMARTS) is 1. The molecule has 0 saturated carbocycles. The maximum Gasteiger partial charge on any atom is 0.326 e. The number of benzene rings is 1. The Balaban J connectivity index is 0.000000369. The first-order chi connectivity index (χ1) is 12.8. The first kappa shape index (κ1) is 21.1. The number of carboxylic acids is 1. The molecule has 1 saturated heterocycles. The first-order valence-electron chi connectivity index (χ1n) is 8.70. The third-order valence-electron chi connectivity index (χ3n) is 4.14. The molecule has 1 aliphatic heterocycles. The van der Waals surface area contributed by atoms with Crippen LogP contribution in [0.1, 0.15) is 34.6 Å². The molecule has 1 heterocycles. The van der Waals surface area contributed by atoms with Crippen LogP contribution in [0.5, 0.6) is 0 Å². The molecular formula is C19H23ClN2O5. The van der Waals surface area contributed by atoms with Crippen molar-refractivity contribution < 1.29 is 24.2 Å². The van der Waals surface area contributed by atoms with Crippen molar-refractivity contribution in [1.29, 1.82) is 0 Å². The van der Waals surface area contributed by atoms with Crippen LogP contribution in [0.25, 0.3) is 0 Å². The Morgan fingerprint density at radius 2 is 1.70 bits per heavy atom. The molecule has 0 unspecified atom stereocenters. The van der Waals surface area contributed by atoms with E-state index in [0.29, 0.717) is 0 Å². The number of carbonyl (C=O) groups excluding carboxylic acids is 2. The minimum Gasteiger partial charge on any atom is -0.480 e. The maximum atomic E-state index is 12.4. The fraction of sp³-hybridized carbons (Fsp3) is 0.421. The fourth-order valence-electron chi connectivity index (χ4n) is 2.66. The smallest absolute Gasteiger partial charge is 0.326 e. The quantitative estimate of drug-likeness (QED) is 0.715. The van der Waals surface area contributed by atoms with Crippen molar-refractivity contribution in [2.45, 2.75) is 19.9 Å². The average Bonchev–Trinajstić information content (AvgIpc) is 2.67. The second kappa shape index (κ2) is 9.64. The van der Waals surface area contributed by atoms with E-state index in [4.69, 9.17) is 16.3 Å². The highest BCUT2D eigenvalue weighted by atomic mass is 35.5. The number of halogens is 1. The van der Waals surface area contributed by atoms with E-state index in [-0.39, 0.29) is 27.8 Å². The number of hydrogen-bond acceptors (Lipinski definition) is 6. The van der Waals surface area contributed by atoms with Crippen LogP contribution in [0.2, 0.25) is 0 Å².